The molecule has 27 heavy (non-hydrogen) atoms. The molecule has 0 fully saturated rings. The van der Waals surface area contributed by atoms with Gasteiger partial charge in [-0.2, -0.15) is 0 Å². The van der Waals surface area contributed by atoms with Crippen molar-refractivity contribution >= 4 is 5.91 Å². The number of carbonyl (C=O) groups excluding carboxylic acids is 1. The Balaban J connectivity index is 1.72. The topological polar surface area (TPSA) is 68.9 Å². The maximum Gasteiger partial charge on any atom is 0.345 e. The highest BCUT2D eigenvalue weighted by atomic mass is 19.1. The Morgan fingerprint density at radius 1 is 1.07 bits per heavy atom. The number of nitrogens with one attached hydrogen (secondary N) is 1. The fraction of sp³-hybridized carbons (Fsp3) is 0.167. The van der Waals surface area contributed by atoms with E-state index in [0.717, 1.165) is 22.9 Å². The quantitative estimate of drug-likeness (QED) is 0.742. The van der Waals surface area contributed by atoms with Crippen LogP contribution in [0.2, 0.25) is 0 Å². The molecule has 1 amide bonds. The van der Waals surface area contributed by atoms with Gasteiger partial charge in [0.2, 0.25) is 0 Å². The predicted octanol–water partition coefficient (Wildman–Crippen LogP) is 2.10. The van der Waals surface area contributed by atoms with E-state index < -0.39 is 34.6 Å². The summed E-state index contributed by atoms with van der Waals surface area (Å²) in [6.07, 6.45) is 0. The van der Waals surface area contributed by atoms with Crippen LogP contribution >= 0.6 is 0 Å². The van der Waals surface area contributed by atoms with Gasteiger partial charge in [0.1, 0.15) is 23.0 Å². The second-order valence-electron chi connectivity index (χ2n) is 5.75. The second-order valence-corrected chi connectivity index (χ2v) is 5.75. The number of nitrogens with zero attached hydrogens (tertiary/aromatic N) is 3. The monoisotopic (exact) mass is 376 g/mol. The molecule has 0 atom stereocenters. The molecular formula is C18H15F3N4O2. The Labute approximate surface area is 151 Å². The minimum Gasteiger partial charge on any atom is -0.350 e. The van der Waals surface area contributed by atoms with Crippen molar-refractivity contribution in [3.05, 3.63) is 76.0 Å². The van der Waals surface area contributed by atoms with E-state index in [2.05, 4.69) is 10.4 Å². The van der Waals surface area contributed by atoms with Gasteiger partial charge in [-0.1, -0.05) is 6.07 Å². The maximum absolute atomic E-state index is 13.6. The number of aromatic nitrogens is 3. The van der Waals surface area contributed by atoms with Crippen molar-refractivity contribution in [1.29, 1.82) is 0 Å². The van der Waals surface area contributed by atoms with Crippen LogP contribution in [-0.4, -0.2) is 26.8 Å². The summed E-state index contributed by atoms with van der Waals surface area (Å²) >= 11 is 0. The van der Waals surface area contributed by atoms with Crippen LogP contribution in [0.5, 0.6) is 0 Å². The van der Waals surface area contributed by atoms with E-state index in [1.165, 1.54) is 35.9 Å². The highest BCUT2D eigenvalue weighted by Crippen LogP contribution is 2.15. The van der Waals surface area contributed by atoms with Gasteiger partial charge in [-0.3, -0.25) is 9.36 Å². The van der Waals surface area contributed by atoms with Gasteiger partial charge in [0.15, 0.2) is 5.82 Å². The third-order valence-corrected chi connectivity index (χ3v) is 3.94. The largest absolute Gasteiger partial charge is 0.350 e. The minimum atomic E-state index is -0.971. The van der Waals surface area contributed by atoms with Gasteiger partial charge in [-0.25, -0.2) is 22.6 Å². The maximum atomic E-state index is 13.6. The lowest BCUT2D eigenvalue weighted by atomic mass is 10.2. The molecule has 0 radical (unpaired) electrons. The van der Waals surface area contributed by atoms with Gasteiger partial charge in [0, 0.05) is 19.2 Å². The van der Waals surface area contributed by atoms with Crippen molar-refractivity contribution in [2.24, 2.45) is 7.05 Å². The second kappa shape index (κ2) is 7.48. The molecule has 0 aliphatic rings. The summed E-state index contributed by atoms with van der Waals surface area (Å²) in [5, 5.41) is 6.51. The van der Waals surface area contributed by atoms with Crippen molar-refractivity contribution < 1.29 is 18.0 Å². The Kier molecular flexibility index (Phi) is 5.11. The number of hydrogen-bond donors (Lipinski definition) is 1. The lowest BCUT2D eigenvalue weighted by Gasteiger charge is -2.06. The number of amides is 1. The third kappa shape index (κ3) is 3.76. The molecule has 2 aromatic carbocycles. The lowest BCUT2D eigenvalue weighted by molar-refractivity contribution is 0.0943. The average Bonchev–Trinajstić information content (AvgIpc) is 2.91. The van der Waals surface area contributed by atoms with Crippen LogP contribution in [0.25, 0.3) is 11.4 Å². The van der Waals surface area contributed by atoms with E-state index in [0.29, 0.717) is 11.4 Å². The van der Waals surface area contributed by atoms with E-state index in [1.807, 2.05) is 0 Å². The van der Waals surface area contributed by atoms with E-state index >= 15 is 0 Å². The molecule has 1 aromatic heterocycles. The molecule has 0 bridgehead atoms. The molecule has 0 saturated heterocycles. The zero-order chi connectivity index (χ0) is 19.6. The van der Waals surface area contributed by atoms with E-state index in [4.69, 9.17) is 0 Å². The lowest BCUT2D eigenvalue weighted by Crippen LogP contribution is -2.32. The van der Waals surface area contributed by atoms with Crippen LogP contribution in [-0.2, 0) is 13.6 Å². The number of halogens is 3. The standard InChI is InChI=1S/C18H15F3N4O2/c1-24-16(11-5-7-12(19)8-6-11)23-25(18(24)27)10-9-22-17(26)15-13(20)3-2-4-14(15)21/h2-8H,9-10H2,1H3,(H,22,26). The summed E-state index contributed by atoms with van der Waals surface area (Å²) in [5.41, 5.74) is -0.578. The zero-order valence-electron chi connectivity index (χ0n) is 14.2. The van der Waals surface area contributed by atoms with Crippen molar-refractivity contribution in [3.63, 3.8) is 0 Å². The zero-order valence-corrected chi connectivity index (χ0v) is 14.2. The number of hydrogen-bond acceptors (Lipinski definition) is 3. The molecule has 1 N–H and O–H groups in total. The van der Waals surface area contributed by atoms with Crippen LogP contribution < -0.4 is 11.0 Å². The van der Waals surface area contributed by atoms with Gasteiger partial charge in [-0.15, -0.1) is 5.10 Å². The highest BCUT2D eigenvalue weighted by Gasteiger charge is 2.17. The molecule has 0 unspecified atom stereocenters. The molecule has 0 spiro atoms. The molecule has 3 aromatic rings. The minimum absolute atomic E-state index is 0.00429. The molecule has 9 heteroatoms. The molecule has 140 valence electrons. The van der Waals surface area contributed by atoms with Gasteiger partial charge in [0.05, 0.1) is 6.54 Å². The normalized spacial score (nSPS) is 10.8. The number of benzene rings is 2. The van der Waals surface area contributed by atoms with Crippen LogP contribution in [0.1, 0.15) is 10.4 Å². The molecule has 0 aliphatic carbocycles. The Hall–Kier alpha value is -3.36. The Morgan fingerprint density at radius 2 is 1.70 bits per heavy atom. The summed E-state index contributed by atoms with van der Waals surface area (Å²) < 4.78 is 42.6. The molecular weight excluding hydrogens is 361 g/mol. The summed E-state index contributed by atoms with van der Waals surface area (Å²) in [4.78, 5) is 24.2. The predicted molar refractivity (Wildman–Crippen MR) is 91.6 cm³/mol. The van der Waals surface area contributed by atoms with Crippen LogP contribution in [0.3, 0.4) is 0 Å². The first-order valence-electron chi connectivity index (χ1n) is 8.00. The SMILES string of the molecule is Cn1c(-c2ccc(F)cc2)nn(CCNC(=O)c2c(F)cccc2F)c1=O. The van der Waals surface area contributed by atoms with Gasteiger partial charge >= 0.3 is 5.69 Å². The summed E-state index contributed by atoms with van der Waals surface area (Å²) in [6, 6.07) is 8.61. The van der Waals surface area contributed by atoms with E-state index in [1.54, 1.807) is 0 Å². The first-order chi connectivity index (χ1) is 12.9. The average molecular weight is 376 g/mol. The Bertz CT molecular complexity index is 1020. The van der Waals surface area contributed by atoms with Gasteiger partial charge < -0.3 is 5.32 Å². The summed E-state index contributed by atoms with van der Waals surface area (Å²) in [5.74, 6) is -2.95. The molecule has 3 rings (SSSR count). The van der Waals surface area contributed by atoms with Crippen LogP contribution in [0, 0.1) is 17.5 Å². The first kappa shape index (κ1) is 18.4. The van der Waals surface area contributed by atoms with Crippen LogP contribution in [0.4, 0.5) is 13.2 Å². The van der Waals surface area contributed by atoms with Crippen LogP contribution in [0.15, 0.2) is 47.3 Å². The highest BCUT2D eigenvalue weighted by molar-refractivity contribution is 5.94. The number of rotatable bonds is 5. The Morgan fingerprint density at radius 3 is 2.33 bits per heavy atom. The van der Waals surface area contributed by atoms with Gasteiger partial charge in [0.25, 0.3) is 5.91 Å². The molecule has 1 heterocycles. The number of carbonyl (C=O) groups is 1. The fourth-order valence-electron chi connectivity index (χ4n) is 2.56. The van der Waals surface area contributed by atoms with E-state index in [-0.39, 0.29) is 13.1 Å². The van der Waals surface area contributed by atoms with Gasteiger partial charge in [-0.05, 0) is 36.4 Å². The van der Waals surface area contributed by atoms with Crippen molar-refractivity contribution in [2.45, 2.75) is 6.54 Å². The molecule has 6 nitrogen and oxygen atoms in total. The summed E-state index contributed by atoms with van der Waals surface area (Å²) in [7, 11) is 1.51. The third-order valence-electron chi connectivity index (χ3n) is 3.94. The van der Waals surface area contributed by atoms with Crippen molar-refractivity contribution in [1.82, 2.24) is 19.7 Å². The van der Waals surface area contributed by atoms with Crippen molar-refractivity contribution in [2.75, 3.05) is 6.54 Å². The molecule has 0 aliphatic heterocycles. The molecule has 0 saturated carbocycles. The fourth-order valence-corrected chi connectivity index (χ4v) is 2.56. The first-order valence-corrected chi connectivity index (χ1v) is 8.00. The van der Waals surface area contributed by atoms with Crippen molar-refractivity contribution in [3.8, 4) is 11.4 Å². The van der Waals surface area contributed by atoms with E-state index in [9.17, 15) is 22.8 Å². The summed E-state index contributed by atoms with van der Waals surface area (Å²) in [6.45, 7) is -0.0674. The smallest absolute Gasteiger partial charge is 0.345 e.